The summed E-state index contributed by atoms with van der Waals surface area (Å²) in [7, 11) is -4.38. The van der Waals surface area contributed by atoms with Crippen LogP contribution in [0.1, 0.15) is 18.9 Å². The Bertz CT molecular complexity index is 1110. The molecular formula is C18H17F2N3O4S2. The second-order valence-corrected chi connectivity index (χ2v) is 8.43. The van der Waals surface area contributed by atoms with E-state index in [-0.39, 0.29) is 10.9 Å². The van der Waals surface area contributed by atoms with Crippen LogP contribution >= 0.6 is 11.5 Å². The normalized spacial score (nSPS) is 11.3. The summed E-state index contributed by atoms with van der Waals surface area (Å²) in [5.74, 6) is -1.90. The molecule has 0 aliphatic rings. The van der Waals surface area contributed by atoms with Crippen molar-refractivity contribution in [1.82, 2.24) is 9.36 Å². The van der Waals surface area contributed by atoms with Gasteiger partial charge in [0, 0.05) is 29.7 Å². The van der Waals surface area contributed by atoms with Crippen LogP contribution in [0.5, 0.6) is 17.2 Å². The van der Waals surface area contributed by atoms with Gasteiger partial charge in [0.2, 0.25) is 5.13 Å². The molecule has 2 aromatic carbocycles. The zero-order chi connectivity index (χ0) is 21.0. The monoisotopic (exact) mass is 441 g/mol. The van der Waals surface area contributed by atoms with Gasteiger partial charge in [-0.3, -0.25) is 4.72 Å². The van der Waals surface area contributed by atoms with Crippen molar-refractivity contribution in [3.05, 3.63) is 53.9 Å². The number of rotatable bonds is 8. The number of nitrogens with zero attached hydrogens (tertiary/aromatic N) is 2. The van der Waals surface area contributed by atoms with Crippen molar-refractivity contribution >= 4 is 26.7 Å². The van der Waals surface area contributed by atoms with E-state index >= 15 is 0 Å². The van der Waals surface area contributed by atoms with Crippen molar-refractivity contribution in [2.75, 3.05) is 11.3 Å². The van der Waals surface area contributed by atoms with Crippen LogP contribution in [0.15, 0.2) is 41.6 Å². The number of hydrogen-bond donors (Lipinski definition) is 1. The zero-order valence-electron chi connectivity index (χ0n) is 15.5. The Morgan fingerprint density at radius 1 is 1.10 bits per heavy atom. The molecule has 0 amide bonds. The van der Waals surface area contributed by atoms with Gasteiger partial charge >= 0.3 is 0 Å². The fourth-order valence-electron chi connectivity index (χ4n) is 2.39. The van der Waals surface area contributed by atoms with E-state index in [9.17, 15) is 17.2 Å². The van der Waals surface area contributed by atoms with Crippen molar-refractivity contribution in [3.63, 3.8) is 0 Å². The minimum Gasteiger partial charge on any atom is -0.493 e. The van der Waals surface area contributed by atoms with Gasteiger partial charge in [-0.25, -0.2) is 22.2 Å². The van der Waals surface area contributed by atoms with E-state index in [1.165, 1.54) is 0 Å². The molecule has 3 aromatic rings. The van der Waals surface area contributed by atoms with E-state index in [2.05, 4.69) is 9.36 Å². The predicted molar refractivity (Wildman–Crippen MR) is 104 cm³/mol. The van der Waals surface area contributed by atoms with Crippen LogP contribution in [0.2, 0.25) is 0 Å². The molecule has 0 bridgehead atoms. The van der Waals surface area contributed by atoms with Crippen LogP contribution in [-0.4, -0.2) is 24.4 Å². The Hall–Kier alpha value is -2.79. The van der Waals surface area contributed by atoms with Crippen molar-refractivity contribution < 1.29 is 26.7 Å². The summed E-state index contributed by atoms with van der Waals surface area (Å²) in [6.45, 7) is 4.26. The topological polar surface area (TPSA) is 90.4 Å². The van der Waals surface area contributed by atoms with E-state index in [0.29, 0.717) is 24.5 Å². The molecule has 11 heteroatoms. The van der Waals surface area contributed by atoms with Gasteiger partial charge in [0.05, 0.1) is 6.61 Å². The molecular weight excluding hydrogens is 424 g/mol. The van der Waals surface area contributed by atoms with E-state index in [4.69, 9.17) is 9.47 Å². The molecule has 154 valence electrons. The average molecular weight is 441 g/mol. The molecule has 0 saturated carbocycles. The van der Waals surface area contributed by atoms with Gasteiger partial charge in [0.15, 0.2) is 11.6 Å². The summed E-state index contributed by atoms with van der Waals surface area (Å²) in [5, 5.41) is -0.0653. The fraction of sp³-hybridized carbons (Fsp3) is 0.222. The predicted octanol–water partition coefficient (Wildman–Crippen LogP) is 4.51. The Morgan fingerprint density at radius 2 is 1.86 bits per heavy atom. The van der Waals surface area contributed by atoms with Crippen LogP contribution in [0.3, 0.4) is 0 Å². The SMILES string of the molecule is CCCOc1cc(C)cc(Oc2cc(F)c(S(=O)(=O)Nc3ncns3)cc2F)c1. The summed E-state index contributed by atoms with van der Waals surface area (Å²) in [5.41, 5.74) is 0.801. The smallest absolute Gasteiger partial charge is 0.266 e. The highest BCUT2D eigenvalue weighted by atomic mass is 32.2. The Kier molecular flexibility index (Phi) is 6.28. The minimum absolute atomic E-state index is 0.0653. The fourth-order valence-corrected chi connectivity index (χ4v) is 4.12. The summed E-state index contributed by atoms with van der Waals surface area (Å²) >= 11 is 0.763. The lowest BCUT2D eigenvalue weighted by Crippen LogP contribution is -2.15. The maximum atomic E-state index is 14.5. The maximum absolute atomic E-state index is 14.5. The standard InChI is InChI=1S/C18H17F2N3O4S2/c1-3-4-26-12-5-11(2)6-13(7-12)27-16-8-15(20)17(9-14(16)19)29(24,25)23-18-21-10-22-28-18/h5-10H,3-4H2,1-2H3,(H,21,22,23). The highest BCUT2D eigenvalue weighted by molar-refractivity contribution is 7.93. The molecule has 0 spiro atoms. The van der Waals surface area contributed by atoms with E-state index in [0.717, 1.165) is 29.8 Å². The third kappa shape index (κ3) is 5.18. The molecule has 0 saturated heterocycles. The van der Waals surface area contributed by atoms with Crippen LogP contribution in [-0.2, 0) is 10.0 Å². The molecule has 0 unspecified atom stereocenters. The molecule has 0 aliphatic heterocycles. The lowest BCUT2D eigenvalue weighted by atomic mass is 10.2. The number of aryl methyl sites for hydroxylation is 1. The number of aromatic nitrogens is 2. The molecule has 0 radical (unpaired) electrons. The van der Waals surface area contributed by atoms with Gasteiger partial charge in [0.1, 0.15) is 28.5 Å². The first-order valence-electron chi connectivity index (χ1n) is 8.49. The van der Waals surface area contributed by atoms with Crippen molar-refractivity contribution in [1.29, 1.82) is 0 Å². The second-order valence-electron chi connectivity index (χ2n) is 6.00. The largest absolute Gasteiger partial charge is 0.493 e. The molecule has 0 aliphatic carbocycles. The van der Waals surface area contributed by atoms with Crippen molar-refractivity contribution in [3.8, 4) is 17.2 Å². The first-order valence-corrected chi connectivity index (χ1v) is 10.7. The van der Waals surface area contributed by atoms with Gasteiger partial charge in [0.25, 0.3) is 10.0 Å². The summed E-state index contributed by atoms with van der Waals surface area (Å²) in [6.07, 6.45) is 1.95. The molecule has 29 heavy (non-hydrogen) atoms. The van der Waals surface area contributed by atoms with E-state index in [1.807, 2.05) is 11.6 Å². The zero-order valence-corrected chi connectivity index (χ0v) is 17.1. The van der Waals surface area contributed by atoms with Crippen LogP contribution in [0, 0.1) is 18.6 Å². The summed E-state index contributed by atoms with van der Waals surface area (Å²) in [6, 6.07) is 6.19. The number of anilines is 1. The second kappa shape index (κ2) is 8.70. The molecule has 0 atom stereocenters. The molecule has 7 nitrogen and oxygen atoms in total. The van der Waals surface area contributed by atoms with Gasteiger partial charge in [-0.05, 0) is 31.0 Å². The van der Waals surface area contributed by atoms with Crippen LogP contribution in [0.4, 0.5) is 13.9 Å². The Morgan fingerprint density at radius 3 is 2.55 bits per heavy atom. The van der Waals surface area contributed by atoms with Gasteiger partial charge < -0.3 is 9.47 Å². The van der Waals surface area contributed by atoms with Crippen LogP contribution in [0.25, 0.3) is 0 Å². The highest BCUT2D eigenvalue weighted by Crippen LogP contribution is 2.32. The Labute approximate surface area is 170 Å². The molecule has 0 fully saturated rings. The minimum atomic E-state index is -4.38. The molecule has 1 aromatic heterocycles. The van der Waals surface area contributed by atoms with Crippen molar-refractivity contribution in [2.45, 2.75) is 25.2 Å². The molecule has 3 rings (SSSR count). The summed E-state index contributed by atoms with van der Waals surface area (Å²) in [4.78, 5) is 2.79. The van der Waals surface area contributed by atoms with Gasteiger partial charge in [-0.15, -0.1) is 0 Å². The van der Waals surface area contributed by atoms with E-state index in [1.54, 1.807) is 25.1 Å². The number of halogens is 2. The first-order chi connectivity index (χ1) is 13.8. The lowest BCUT2D eigenvalue weighted by Gasteiger charge is -2.12. The quantitative estimate of drug-likeness (QED) is 0.553. The number of benzene rings is 2. The number of sulfonamides is 1. The van der Waals surface area contributed by atoms with E-state index < -0.39 is 32.3 Å². The Balaban J connectivity index is 1.87. The van der Waals surface area contributed by atoms with Crippen molar-refractivity contribution in [2.24, 2.45) is 0 Å². The van der Waals surface area contributed by atoms with Crippen LogP contribution < -0.4 is 14.2 Å². The molecule has 1 heterocycles. The maximum Gasteiger partial charge on any atom is 0.266 e. The number of ether oxygens (including phenoxy) is 2. The first kappa shape index (κ1) is 20.9. The third-order valence-electron chi connectivity index (χ3n) is 3.58. The lowest BCUT2D eigenvalue weighted by molar-refractivity contribution is 0.315. The van der Waals surface area contributed by atoms with Gasteiger partial charge in [-0.1, -0.05) is 6.92 Å². The third-order valence-corrected chi connectivity index (χ3v) is 5.65. The number of nitrogens with one attached hydrogen (secondary N) is 1. The van der Waals surface area contributed by atoms with Gasteiger partial charge in [-0.2, -0.15) is 4.37 Å². The summed E-state index contributed by atoms with van der Waals surface area (Å²) < 4.78 is 70.2. The number of hydrogen-bond acceptors (Lipinski definition) is 7. The highest BCUT2D eigenvalue weighted by Gasteiger charge is 2.24. The molecule has 1 N–H and O–H groups in total. The average Bonchev–Trinajstić information content (AvgIpc) is 3.14.